The van der Waals surface area contributed by atoms with Crippen LogP contribution < -0.4 is 4.90 Å². The van der Waals surface area contributed by atoms with E-state index in [0.717, 1.165) is 24.2 Å². The molecule has 2 aliphatic heterocycles. The van der Waals surface area contributed by atoms with Crippen molar-refractivity contribution in [2.45, 2.75) is 6.42 Å². The maximum atomic E-state index is 12.8. The van der Waals surface area contributed by atoms with Gasteiger partial charge in [-0.15, -0.1) is 0 Å². The summed E-state index contributed by atoms with van der Waals surface area (Å²) < 4.78 is 0. The molecule has 6 heteroatoms. The van der Waals surface area contributed by atoms with Crippen LogP contribution in [0, 0.1) is 11.8 Å². The molecule has 114 valence electrons. The highest BCUT2D eigenvalue weighted by Crippen LogP contribution is 2.35. The van der Waals surface area contributed by atoms with Gasteiger partial charge in [-0.1, -0.05) is 0 Å². The molecular weight excluding hydrogens is 316 g/mol. The van der Waals surface area contributed by atoms with Gasteiger partial charge in [0.25, 0.3) is 5.91 Å². The van der Waals surface area contributed by atoms with Crippen molar-refractivity contribution >= 4 is 40.2 Å². The number of thiophene rings is 2. The van der Waals surface area contributed by atoms with Gasteiger partial charge in [-0.2, -0.15) is 22.7 Å². The largest absolute Gasteiger partial charge is 0.338 e. The van der Waals surface area contributed by atoms with Gasteiger partial charge >= 0.3 is 0 Å². The maximum absolute atomic E-state index is 12.8. The van der Waals surface area contributed by atoms with E-state index < -0.39 is 0 Å². The zero-order valence-electron chi connectivity index (χ0n) is 12.0. The minimum atomic E-state index is -0.0452. The fourth-order valence-corrected chi connectivity index (χ4v) is 4.72. The van der Waals surface area contributed by atoms with E-state index in [9.17, 15) is 9.59 Å². The van der Waals surface area contributed by atoms with E-state index in [0.29, 0.717) is 19.0 Å². The Morgan fingerprint density at radius 3 is 2.68 bits per heavy atom. The Kier molecular flexibility index (Phi) is 3.50. The van der Waals surface area contributed by atoms with Gasteiger partial charge in [0.15, 0.2) is 0 Å². The van der Waals surface area contributed by atoms with E-state index in [2.05, 4.69) is 0 Å². The smallest absolute Gasteiger partial charge is 0.254 e. The zero-order chi connectivity index (χ0) is 15.1. The molecule has 2 aromatic heterocycles. The molecule has 2 aromatic rings. The van der Waals surface area contributed by atoms with Crippen LogP contribution in [0.1, 0.15) is 16.8 Å². The molecule has 0 spiro atoms. The molecule has 2 amide bonds. The summed E-state index contributed by atoms with van der Waals surface area (Å²) in [6.45, 7) is 2.03. The molecule has 2 unspecified atom stereocenters. The predicted molar refractivity (Wildman–Crippen MR) is 88.5 cm³/mol. The van der Waals surface area contributed by atoms with Gasteiger partial charge in [-0.3, -0.25) is 9.59 Å². The van der Waals surface area contributed by atoms with E-state index in [-0.39, 0.29) is 17.7 Å². The van der Waals surface area contributed by atoms with Crippen molar-refractivity contribution in [3.63, 3.8) is 0 Å². The summed E-state index contributed by atoms with van der Waals surface area (Å²) in [5.41, 5.74) is 1.74. The van der Waals surface area contributed by atoms with Crippen molar-refractivity contribution in [1.29, 1.82) is 0 Å². The number of anilines is 1. The van der Waals surface area contributed by atoms with Crippen LogP contribution in [-0.4, -0.2) is 36.3 Å². The van der Waals surface area contributed by atoms with Crippen LogP contribution in [-0.2, 0) is 4.79 Å². The lowest BCUT2D eigenvalue weighted by Gasteiger charge is -2.33. The average molecular weight is 332 g/mol. The van der Waals surface area contributed by atoms with Crippen LogP contribution in [0.25, 0.3) is 0 Å². The van der Waals surface area contributed by atoms with Crippen molar-refractivity contribution in [3.8, 4) is 0 Å². The number of rotatable bonds is 2. The molecule has 0 bridgehead atoms. The minimum absolute atomic E-state index is 0.0452. The van der Waals surface area contributed by atoms with E-state index in [1.54, 1.807) is 11.3 Å². The SMILES string of the molecule is O=C(c1ccsc1)N1CC2CCN(c3ccsc3)C(=O)C2C1. The maximum Gasteiger partial charge on any atom is 0.254 e. The molecule has 0 aromatic carbocycles. The van der Waals surface area contributed by atoms with Gasteiger partial charge in [0.05, 0.1) is 17.2 Å². The summed E-state index contributed by atoms with van der Waals surface area (Å²) in [7, 11) is 0. The van der Waals surface area contributed by atoms with E-state index in [1.807, 2.05) is 43.5 Å². The molecule has 0 saturated carbocycles. The normalized spacial score (nSPS) is 24.6. The summed E-state index contributed by atoms with van der Waals surface area (Å²) in [4.78, 5) is 29.0. The van der Waals surface area contributed by atoms with E-state index >= 15 is 0 Å². The monoisotopic (exact) mass is 332 g/mol. The molecule has 4 rings (SSSR count). The Balaban J connectivity index is 1.51. The van der Waals surface area contributed by atoms with Crippen LogP contribution >= 0.6 is 22.7 Å². The third kappa shape index (κ3) is 2.27. The highest BCUT2D eigenvalue weighted by molar-refractivity contribution is 7.08. The van der Waals surface area contributed by atoms with Gasteiger partial charge in [-0.25, -0.2) is 0 Å². The number of hydrogen-bond acceptors (Lipinski definition) is 4. The molecule has 2 saturated heterocycles. The van der Waals surface area contributed by atoms with E-state index in [4.69, 9.17) is 0 Å². The lowest BCUT2D eigenvalue weighted by Crippen LogP contribution is -2.45. The van der Waals surface area contributed by atoms with Crippen LogP contribution in [0.15, 0.2) is 33.7 Å². The van der Waals surface area contributed by atoms with Crippen LogP contribution in [0.2, 0.25) is 0 Å². The number of fused-ring (bicyclic) bond motifs is 1. The van der Waals surface area contributed by atoms with Gasteiger partial charge < -0.3 is 9.80 Å². The minimum Gasteiger partial charge on any atom is -0.338 e. The molecule has 2 aliphatic rings. The molecule has 0 N–H and O–H groups in total. The Bertz CT molecular complexity index is 681. The highest BCUT2D eigenvalue weighted by atomic mass is 32.1. The number of hydrogen-bond donors (Lipinski definition) is 0. The lowest BCUT2D eigenvalue weighted by molar-refractivity contribution is -0.124. The predicted octanol–water partition coefficient (Wildman–Crippen LogP) is 2.93. The second-order valence-corrected chi connectivity index (χ2v) is 7.41. The summed E-state index contributed by atoms with van der Waals surface area (Å²) in [6, 6.07) is 3.85. The van der Waals surface area contributed by atoms with Crippen molar-refractivity contribution in [1.82, 2.24) is 4.90 Å². The van der Waals surface area contributed by atoms with Gasteiger partial charge in [0.1, 0.15) is 0 Å². The van der Waals surface area contributed by atoms with Crippen molar-refractivity contribution in [2.24, 2.45) is 11.8 Å². The highest BCUT2D eigenvalue weighted by Gasteiger charge is 2.44. The van der Waals surface area contributed by atoms with Gasteiger partial charge in [-0.05, 0) is 35.2 Å². The number of amides is 2. The van der Waals surface area contributed by atoms with E-state index in [1.165, 1.54) is 11.3 Å². The van der Waals surface area contributed by atoms with Crippen molar-refractivity contribution in [2.75, 3.05) is 24.5 Å². The fraction of sp³-hybridized carbons (Fsp3) is 0.375. The fourth-order valence-electron chi connectivity index (χ4n) is 3.45. The quantitative estimate of drug-likeness (QED) is 0.848. The molecule has 0 radical (unpaired) electrons. The summed E-state index contributed by atoms with van der Waals surface area (Å²) in [5.74, 6) is 0.502. The molecule has 2 fully saturated rings. The molecule has 4 nitrogen and oxygen atoms in total. The molecule has 4 heterocycles. The topological polar surface area (TPSA) is 40.6 Å². The van der Waals surface area contributed by atoms with Crippen LogP contribution in [0.3, 0.4) is 0 Å². The van der Waals surface area contributed by atoms with Gasteiger partial charge in [0.2, 0.25) is 5.91 Å². The first-order chi connectivity index (χ1) is 10.7. The molecule has 22 heavy (non-hydrogen) atoms. The number of carbonyl (C=O) groups is 2. The first kappa shape index (κ1) is 14.0. The second kappa shape index (κ2) is 5.52. The standard InChI is InChI=1S/C16H16N2O2S2/c19-15(12-2-5-21-9-12)17-7-11-1-4-18(13-3-6-22-10-13)16(20)14(11)8-17/h2-3,5-6,9-11,14H,1,4,7-8H2. The zero-order valence-corrected chi connectivity index (χ0v) is 13.6. The number of carbonyl (C=O) groups excluding carboxylic acids is 2. The van der Waals surface area contributed by atoms with Crippen LogP contribution in [0.4, 0.5) is 5.69 Å². The van der Waals surface area contributed by atoms with Crippen molar-refractivity contribution < 1.29 is 9.59 Å². The summed E-state index contributed by atoms with van der Waals surface area (Å²) >= 11 is 3.14. The lowest BCUT2D eigenvalue weighted by atomic mass is 9.88. The summed E-state index contributed by atoms with van der Waals surface area (Å²) in [5, 5.41) is 7.81. The average Bonchev–Trinajstić information content (AvgIpc) is 3.27. The Hall–Kier alpha value is -1.66. The number of nitrogens with zero attached hydrogens (tertiary/aromatic N) is 2. The van der Waals surface area contributed by atoms with Crippen LogP contribution in [0.5, 0.6) is 0 Å². The molecule has 2 atom stereocenters. The Labute approximate surface area is 137 Å². The molecular formula is C16H16N2O2S2. The third-order valence-corrected chi connectivity index (χ3v) is 5.97. The second-order valence-electron chi connectivity index (χ2n) is 5.85. The number of piperidine rings is 1. The number of likely N-dealkylation sites (tertiary alicyclic amines) is 1. The Morgan fingerprint density at radius 2 is 1.95 bits per heavy atom. The first-order valence-corrected chi connectivity index (χ1v) is 9.27. The Morgan fingerprint density at radius 1 is 1.14 bits per heavy atom. The first-order valence-electron chi connectivity index (χ1n) is 7.39. The van der Waals surface area contributed by atoms with Crippen molar-refractivity contribution in [3.05, 3.63) is 39.2 Å². The van der Waals surface area contributed by atoms with Gasteiger partial charge in [0, 0.05) is 30.4 Å². The summed E-state index contributed by atoms with van der Waals surface area (Å²) in [6.07, 6.45) is 0.972. The third-order valence-electron chi connectivity index (χ3n) is 4.62. The molecule has 0 aliphatic carbocycles.